The first-order valence-electron chi connectivity index (χ1n) is 5.08. The highest BCUT2D eigenvalue weighted by atomic mass is 16.5. The van der Waals surface area contributed by atoms with E-state index in [2.05, 4.69) is 19.7 Å². The number of nitrogens with zero attached hydrogens (tertiary/aromatic N) is 1. The standard InChI is InChI=1S/C13H19NO2/c1-5-8-14(9-6-2)11-12(4)13(15)16-10-7-3/h5-7,11H,1-3,8-10H2,4H3. The van der Waals surface area contributed by atoms with E-state index in [0.717, 1.165) is 0 Å². The zero-order valence-corrected chi connectivity index (χ0v) is 9.82. The van der Waals surface area contributed by atoms with Gasteiger partial charge in [-0.05, 0) is 6.92 Å². The molecule has 0 fully saturated rings. The van der Waals surface area contributed by atoms with E-state index >= 15 is 0 Å². The molecule has 3 heteroatoms. The van der Waals surface area contributed by atoms with E-state index in [0.29, 0.717) is 18.7 Å². The average molecular weight is 221 g/mol. The third-order valence-electron chi connectivity index (χ3n) is 1.76. The molecule has 3 nitrogen and oxygen atoms in total. The molecule has 0 aliphatic carbocycles. The lowest BCUT2D eigenvalue weighted by molar-refractivity contribution is -0.137. The fraction of sp³-hybridized carbons (Fsp3) is 0.308. The number of carbonyl (C=O) groups excluding carboxylic acids is 1. The van der Waals surface area contributed by atoms with Gasteiger partial charge >= 0.3 is 5.97 Å². The molecule has 0 amide bonds. The number of hydrogen-bond donors (Lipinski definition) is 0. The first-order valence-corrected chi connectivity index (χ1v) is 5.08. The van der Waals surface area contributed by atoms with Crippen LogP contribution in [0.5, 0.6) is 0 Å². The van der Waals surface area contributed by atoms with E-state index in [9.17, 15) is 4.79 Å². The molecule has 0 aliphatic rings. The van der Waals surface area contributed by atoms with Crippen molar-refractivity contribution in [3.8, 4) is 0 Å². The Labute approximate surface area is 97.4 Å². The van der Waals surface area contributed by atoms with Gasteiger partial charge in [0, 0.05) is 24.9 Å². The van der Waals surface area contributed by atoms with Crippen LogP contribution in [0.4, 0.5) is 0 Å². The Morgan fingerprint density at radius 2 is 1.75 bits per heavy atom. The smallest absolute Gasteiger partial charge is 0.335 e. The Kier molecular flexibility index (Phi) is 7.59. The summed E-state index contributed by atoms with van der Waals surface area (Å²) in [6, 6.07) is 0. The van der Waals surface area contributed by atoms with Crippen LogP contribution in [0.3, 0.4) is 0 Å². The Morgan fingerprint density at radius 1 is 1.19 bits per heavy atom. The van der Waals surface area contributed by atoms with Crippen molar-refractivity contribution >= 4 is 5.97 Å². The van der Waals surface area contributed by atoms with Crippen LogP contribution in [0.25, 0.3) is 0 Å². The number of hydrogen-bond acceptors (Lipinski definition) is 3. The molecule has 0 saturated carbocycles. The molecule has 0 N–H and O–H groups in total. The predicted octanol–water partition coefficient (Wildman–Crippen LogP) is 2.29. The van der Waals surface area contributed by atoms with Gasteiger partial charge in [0.15, 0.2) is 0 Å². The van der Waals surface area contributed by atoms with Crippen LogP contribution in [0.2, 0.25) is 0 Å². The van der Waals surface area contributed by atoms with Gasteiger partial charge in [0.05, 0.1) is 0 Å². The van der Waals surface area contributed by atoms with Crippen LogP contribution in [-0.2, 0) is 9.53 Å². The van der Waals surface area contributed by atoms with Crippen LogP contribution in [-0.4, -0.2) is 30.6 Å². The molecule has 0 heterocycles. The quantitative estimate of drug-likeness (QED) is 0.358. The molecule has 0 saturated heterocycles. The maximum absolute atomic E-state index is 11.4. The third kappa shape index (κ3) is 5.86. The summed E-state index contributed by atoms with van der Waals surface area (Å²) in [5.74, 6) is -0.335. The minimum atomic E-state index is -0.335. The van der Waals surface area contributed by atoms with Crippen LogP contribution in [0.15, 0.2) is 49.7 Å². The van der Waals surface area contributed by atoms with Gasteiger partial charge in [0.25, 0.3) is 0 Å². The second-order valence-corrected chi connectivity index (χ2v) is 3.23. The van der Waals surface area contributed by atoms with Gasteiger partial charge in [-0.2, -0.15) is 0 Å². The maximum Gasteiger partial charge on any atom is 0.335 e. The Hall–Kier alpha value is -1.77. The summed E-state index contributed by atoms with van der Waals surface area (Å²) in [5, 5.41) is 0. The third-order valence-corrected chi connectivity index (χ3v) is 1.76. The average Bonchev–Trinajstić information content (AvgIpc) is 2.26. The molecule has 0 rings (SSSR count). The summed E-state index contributed by atoms with van der Waals surface area (Å²) < 4.78 is 4.91. The number of rotatable bonds is 8. The van der Waals surface area contributed by atoms with E-state index in [1.54, 1.807) is 25.3 Å². The van der Waals surface area contributed by atoms with Gasteiger partial charge in [0.1, 0.15) is 6.61 Å². The fourth-order valence-electron chi connectivity index (χ4n) is 1.09. The van der Waals surface area contributed by atoms with E-state index < -0.39 is 0 Å². The van der Waals surface area contributed by atoms with Gasteiger partial charge in [0.2, 0.25) is 0 Å². The molecule has 88 valence electrons. The van der Waals surface area contributed by atoms with Crippen LogP contribution in [0.1, 0.15) is 6.92 Å². The first-order chi connectivity index (χ1) is 7.65. The zero-order valence-electron chi connectivity index (χ0n) is 9.82. The van der Waals surface area contributed by atoms with Gasteiger partial charge in [-0.25, -0.2) is 4.79 Å². The SMILES string of the molecule is C=CCOC(=O)C(C)=CN(CC=C)CC=C. The molecule has 0 atom stereocenters. The van der Waals surface area contributed by atoms with Crippen molar-refractivity contribution in [3.63, 3.8) is 0 Å². The second kappa shape index (κ2) is 8.53. The number of esters is 1. The molecular formula is C13H19NO2. The van der Waals surface area contributed by atoms with E-state index in [1.807, 2.05) is 4.90 Å². The van der Waals surface area contributed by atoms with E-state index in [-0.39, 0.29) is 12.6 Å². The van der Waals surface area contributed by atoms with Gasteiger partial charge in [-0.1, -0.05) is 24.8 Å². The highest BCUT2D eigenvalue weighted by Crippen LogP contribution is 2.01. The second-order valence-electron chi connectivity index (χ2n) is 3.23. The maximum atomic E-state index is 11.4. The lowest BCUT2D eigenvalue weighted by Gasteiger charge is -2.17. The lowest BCUT2D eigenvalue weighted by atomic mass is 10.3. The minimum absolute atomic E-state index is 0.229. The van der Waals surface area contributed by atoms with Crippen LogP contribution < -0.4 is 0 Å². The van der Waals surface area contributed by atoms with Gasteiger partial charge < -0.3 is 9.64 Å². The Bertz CT molecular complexity index is 282. The van der Waals surface area contributed by atoms with Crippen molar-refractivity contribution in [3.05, 3.63) is 49.7 Å². The first kappa shape index (κ1) is 14.2. The fourth-order valence-corrected chi connectivity index (χ4v) is 1.09. The molecule has 0 spiro atoms. The normalized spacial score (nSPS) is 10.4. The van der Waals surface area contributed by atoms with Crippen molar-refractivity contribution in [2.75, 3.05) is 19.7 Å². The number of carbonyl (C=O) groups is 1. The highest BCUT2D eigenvalue weighted by molar-refractivity contribution is 5.87. The summed E-state index contributed by atoms with van der Waals surface area (Å²) in [6.07, 6.45) is 6.82. The molecular weight excluding hydrogens is 202 g/mol. The molecule has 16 heavy (non-hydrogen) atoms. The monoisotopic (exact) mass is 221 g/mol. The Morgan fingerprint density at radius 3 is 2.19 bits per heavy atom. The molecule has 0 bridgehead atoms. The van der Waals surface area contributed by atoms with Crippen LogP contribution >= 0.6 is 0 Å². The molecule has 0 unspecified atom stereocenters. The van der Waals surface area contributed by atoms with E-state index in [4.69, 9.17) is 4.74 Å². The predicted molar refractivity (Wildman–Crippen MR) is 66.9 cm³/mol. The van der Waals surface area contributed by atoms with Crippen molar-refractivity contribution in [1.29, 1.82) is 0 Å². The van der Waals surface area contributed by atoms with Crippen molar-refractivity contribution < 1.29 is 9.53 Å². The van der Waals surface area contributed by atoms with Crippen molar-refractivity contribution in [2.24, 2.45) is 0 Å². The summed E-state index contributed by atoms with van der Waals surface area (Å²) in [6.45, 7) is 14.0. The summed E-state index contributed by atoms with van der Waals surface area (Å²) >= 11 is 0. The largest absolute Gasteiger partial charge is 0.458 e. The Balaban J connectivity index is 4.43. The topological polar surface area (TPSA) is 29.5 Å². The van der Waals surface area contributed by atoms with Crippen LogP contribution in [0, 0.1) is 0 Å². The minimum Gasteiger partial charge on any atom is -0.458 e. The summed E-state index contributed by atoms with van der Waals surface area (Å²) in [7, 11) is 0. The molecule has 0 aromatic carbocycles. The number of ether oxygens (including phenoxy) is 1. The zero-order chi connectivity index (χ0) is 12.4. The summed E-state index contributed by atoms with van der Waals surface area (Å²) in [4.78, 5) is 13.4. The van der Waals surface area contributed by atoms with Crippen molar-refractivity contribution in [1.82, 2.24) is 4.90 Å². The molecule has 0 radical (unpaired) electrons. The van der Waals surface area contributed by atoms with E-state index in [1.165, 1.54) is 6.08 Å². The molecule has 0 aliphatic heterocycles. The summed E-state index contributed by atoms with van der Waals surface area (Å²) in [5.41, 5.74) is 0.547. The lowest BCUT2D eigenvalue weighted by Crippen LogP contribution is -2.19. The highest BCUT2D eigenvalue weighted by Gasteiger charge is 2.06. The molecule has 0 aromatic heterocycles. The van der Waals surface area contributed by atoms with Gasteiger partial charge in [-0.15, -0.1) is 13.2 Å². The van der Waals surface area contributed by atoms with Gasteiger partial charge in [-0.3, -0.25) is 0 Å². The van der Waals surface area contributed by atoms with Crippen molar-refractivity contribution in [2.45, 2.75) is 6.92 Å². The molecule has 0 aromatic rings.